The molecule has 13 heavy (non-hydrogen) atoms. The normalized spacial score (nSPS) is 37.5. The molecule has 0 radical (unpaired) electrons. The molecule has 4 heteroatoms. The second-order valence-corrected chi connectivity index (χ2v) is 3.62. The minimum atomic E-state index is -0.379. The summed E-state index contributed by atoms with van der Waals surface area (Å²) in [5.41, 5.74) is -0.379. The topological polar surface area (TPSA) is 47.6 Å². The van der Waals surface area contributed by atoms with Crippen LogP contribution >= 0.6 is 0 Å². The van der Waals surface area contributed by atoms with E-state index < -0.39 is 0 Å². The van der Waals surface area contributed by atoms with Crippen molar-refractivity contribution in [3.8, 4) is 0 Å². The van der Waals surface area contributed by atoms with Crippen molar-refractivity contribution in [2.75, 3.05) is 26.3 Å². The van der Waals surface area contributed by atoms with E-state index >= 15 is 0 Å². The Bertz CT molecular complexity index is 207. The van der Waals surface area contributed by atoms with E-state index in [0.29, 0.717) is 19.8 Å². The SMILES string of the molecule is CCOC(=O)[C@]12CCO[C@H]1CNC2. The van der Waals surface area contributed by atoms with Gasteiger partial charge in [0.2, 0.25) is 0 Å². The maximum Gasteiger partial charge on any atom is 0.316 e. The van der Waals surface area contributed by atoms with Gasteiger partial charge in [0.25, 0.3) is 0 Å². The Balaban J connectivity index is 2.12. The first-order valence-electron chi connectivity index (χ1n) is 4.79. The summed E-state index contributed by atoms with van der Waals surface area (Å²) in [5, 5.41) is 3.18. The smallest absolute Gasteiger partial charge is 0.316 e. The van der Waals surface area contributed by atoms with Gasteiger partial charge in [-0.3, -0.25) is 4.79 Å². The molecule has 2 atom stereocenters. The number of hydrogen-bond acceptors (Lipinski definition) is 4. The molecule has 74 valence electrons. The zero-order valence-electron chi connectivity index (χ0n) is 7.84. The molecule has 0 unspecified atom stereocenters. The van der Waals surface area contributed by atoms with Gasteiger partial charge in [-0.25, -0.2) is 0 Å². The van der Waals surface area contributed by atoms with Crippen molar-refractivity contribution in [3.63, 3.8) is 0 Å². The first-order valence-corrected chi connectivity index (χ1v) is 4.79. The molecule has 0 amide bonds. The fourth-order valence-corrected chi connectivity index (χ4v) is 2.17. The highest BCUT2D eigenvalue weighted by Gasteiger charge is 2.54. The van der Waals surface area contributed by atoms with Gasteiger partial charge in [-0.1, -0.05) is 0 Å². The van der Waals surface area contributed by atoms with Crippen LogP contribution in [0.5, 0.6) is 0 Å². The van der Waals surface area contributed by atoms with Crippen molar-refractivity contribution in [2.45, 2.75) is 19.4 Å². The van der Waals surface area contributed by atoms with Crippen LogP contribution in [0, 0.1) is 5.41 Å². The molecule has 0 aromatic heterocycles. The van der Waals surface area contributed by atoms with Crippen molar-refractivity contribution in [1.82, 2.24) is 5.32 Å². The molecule has 0 aromatic carbocycles. The van der Waals surface area contributed by atoms with Crippen molar-refractivity contribution >= 4 is 5.97 Å². The van der Waals surface area contributed by atoms with Crippen LogP contribution < -0.4 is 5.32 Å². The lowest BCUT2D eigenvalue weighted by atomic mass is 9.84. The van der Waals surface area contributed by atoms with Crippen LogP contribution in [0.3, 0.4) is 0 Å². The summed E-state index contributed by atoms with van der Waals surface area (Å²) >= 11 is 0. The van der Waals surface area contributed by atoms with Gasteiger partial charge < -0.3 is 14.8 Å². The van der Waals surface area contributed by atoms with Crippen LogP contribution in [-0.2, 0) is 14.3 Å². The third-order valence-corrected chi connectivity index (χ3v) is 2.94. The first kappa shape index (κ1) is 8.97. The van der Waals surface area contributed by atoms with E-state index in [4.69, 9.17) is 9.47 Å². The monoisotopic (exact) mass is 185 g/mol. The standard InChI is InChI=1S/C9H15NO3/c1-2-12-8(11)9-3-4-13-7(9)5-10-6-9/h7,10H,2-6H2,1H3/t7-,9-/m0/s1. The largest absolute Gasteiger partial charge is 0.465 e. The van der Waals surface area contributed by atoms with E-state index in [1.54, 1.807) is 0 Å². The highest BCUT2D eigenvalue weighted by Crippen LogP contribution is 2.38. The Morgan fingerprint density at radius 3 is 3.38 bits per heavy atom. The molecule has 2 aliphatic rings. The second-order valence-electron chi connectivity index (χ2n) is 3.62. The minimum absolute atomic E-state index is 0.0338. The molecule has 2 saturated heterocycles. The van der Waals surface area contributed by atoms with Crippen LogP contribution in [0.15, 0.2) is 0 Å². The summed E-state index contributed by atoms with van der Waals surface area (Å²) in [4.78, 5) is 11.7. The molecule has 0 bridgehead atoms. The molecular formula is C9H15NO3. The summed E-state index contributed by atoms with van der Waals surface area (Å²) in [6.45, 7) is 4.45. The Morgan fingerprint density at radius 1 is 1.77 bits per heavy atom. The second kappa shape index (κ2) is 3.27. The summed E-state index contributed by atoms with van der Waals surface area (Å²) in [5.74, 6) is -0.0949. The van der Waals surface area contributed by atoms with Gasteiger partial charge in [0.05, 0.1) is 12.7 Å². The van der Waals surface area contributed by atoms with Gasteiger partial charge in [0.15, 0.2) is 0 Å². The predicted octanol–water partition coefficient (Wildman–Crippen LogP) is -0.0720. The number of esters is 1. The highest BCUT2D eigenvalue weighted by atomic mass is 16.5. The quantitative estimate of drug-likeness (QED) is 0.612. The molecule has 2 fully saturated rings. The van der Waals surface area contributed by atoms with E-state index in [1.165, 1.54) is 0 Å². The molecular weight excluding hydrogens is 170 g/mol. The lowest BCUT2D eigenvalue weighted by Crippen LogP contribution is -2.39. The molecule has 0 aliphatic carbocycles. The number of carbonyl (C=O) groups excluding carboxylic acids is 1. The lowest BCUT2D eigenvalue weighted by molar-refractivity contribution is -0.156. The number of ether oxygens (including phenoxy) is 2. The van der Waals surface area contributed by atoms with Gasteiger partial charge in [-0.2, -0.15) is 0 Å². The summed E-state index contributed by atoms with van der Waals surface area (Å²) < 4.78 is 10.6. The molecule has 1 N–H and O–H groups in total. The van der Waals surface area contributed by atoms with E-state index in [9.17, 15) is 4.79 Å². The Morgan fingerprint density at radius 2 is 2.62 bits per heavy atom. The van der Waals surface area contributed by atoms with Crippen molar-refractivity contribution in [3.05, 3.63) is 0 Å². The lowest BCUT2D eigenvalue weighted by Gasteiger charge is -2.23. The van der Waals surface area contributed by atoms with Crippen LogP contribution in [0.25, 0.3) is 0 Å². The number of nitrogens with one attached hydrogen (secondary N) is 1. The molecule has 4 nitrogen and oxygen atoms in total. The van der Waals surface area contributed by atoms with Gasteiger partial charge in [-0.15, -0.1) is 0 Å². The third-order valence-electron chi connectivity index (χ3n) is 2.94. The third kappa shape index (κ3) is 1.25. The molecule has 2 aliphatic heterocycles. The molecule has 0 spiro atoms. The van der Waals surface area contributed by atoms with E-state index in [1.807, 2.05) is 6.92 Å². The molecule has 0 saturated carbocycles. The van der Waals surface area contributed by atoms with Crippen molar-refractivity contribution in [1.29, 1.82) is 0 Å². The van der Waals surface area contributed by atoms with Gasteiger partial charge >= 0.3 is 5.97 Å². The molecule has 0 aromatic rings. The number of rotatable bonds is 2. The molecule has 2 rings (SSSR count). The maximum absolute atomic E-state index is 11.7. The van der Waals surface area contributed by atoms with E-state index in [-0.39, 0.29) is 17.5 Å². The van der Waals surface area contributed by atoms with Crippen LogP contribution in [0.4, 0.5) is 0 Å². The van der Waals surface area contributed by atoms with Gasteiger partial charge in [0, 0.05) is 19.7 Å². The Hall–Kier alpha value is -0.610. The summed E-state index contributed by atoms with van der Waals surface area (Å²) in [7, 11) is 0. The van der Waals surface area contributed by atoms with Gasteiger partial charge in [0.1, 0.15) is 5.41 Å². The zero-order valence-corrected chi connectivity index (χ0v) is 7.84. The van der Waals surface area contributed by atoms with Crippen molar-refractivity contribution < 1.29 is 14.3 Å². The number of carbonyl (C=O) groups is 1. The molecule has 2 heterocycles. The average molecular weight is 185 g/mol. The van der Waals surface area contributed by atoms with E-state index in [2.05, 4.69) is 5.32 Å². The summed E-state index contributed by atoms with van der Waals surface area (Å²) in [6, 6.07) is 0. The fourth-order valence-electron chi connectivity index (χ4n) is 2.17. The van der Waals surface area contributed by atoms with Crippen LogP contribution in [0.2, 0.25) is 0 Å². The fraction of sp³-hybridized carbons (Fsp3) is 0.889. The van der Waals surface area contributed by atoms with Gasteiger partial charge in [-0.05, 0) is 13.3 Å². The average Bonchev–Trinajstić information content (AvgIpc) is 2.61. The van der Waals surface area contributed by atoms with Crippen LogP contribution in [-0.4, -0.2) is 38.4 Å². The predicted molar refractivity (Wildman–Crippen MR) is 46.3 cm³/mol. The maximum atomic E-state index is 11.7. The van der Waals surface area contributed by atoms with E-state index in [0.717, 1.165) is 13.0 Å². The first-order chi connectivity index (χ1) is 6.29. The number of fused-ring (bicyclic) bond motifs is 1. The Kier molecular flexibility index (Phi) is 2.26. The van der Waals surface area contributed by atoms with Crippen LogP contribution in [0.1, 0.15) is 13.3 Å². The van der Waals surface area contributed by atoms with Crippen molar-refractivity contribution in [2.24, 2.45) is 5.41 Å². The minimum Gasteiger partial charge on any atom is -0.465 e. The summed E-state index contributed by atoms with van der Waals surface area (Å²) in [6.07, 6.45) is 0.829. The Labute approximate surface area is 77.6 Å². The number of hydrogen-bond donors (Lipinski definition) is 1. The highest BCUT2D eigenvalue weighted by molar-refractivity contribution is 5.79. The zero-order chi connectivity index (χ0) is 9.31.